The lowest BCUT2D eigenvalue weighted by atomic mass is 10.2. The summed E-state index contributed by atoms with van der Waals surface area (Å²) in [6.07, 6.45) is 4.17. The van der Waals surface area contributed by atoms with Crippen LogP contribution in [0.1, 0.15) is 30.1 Å². The van der Waals surface area contributed by atoms with Gasteiger partial charge in [-0.1, -0.05) is 0 Å². The average Bonchev–Trinajstić information content (AvgIpc) is 3.40. The van der Waals surface area contributed by atoms with E-state index in [4.69, 9.17) is 9.97 Å². The van der Waals surface area contributed by atoms with Gasteiger partial charge in [0.1, 0.15) is 11.3 Å². The van der Waals surface area contributed by atoms with Crippen molar-refractivity contribution in [1.82, 2.24) is 34.9 Å². The molecule has 1 aliphatic carbocycles. The lowest BCUT2D eigenvalue weighted by Crippen LogP contribution is -2.44. The Hall–Kier alpha value is -3.34. The van der Waals surface area contributed by atoms with Crippen molar-refractivity contribution in [1.29, 1.82) is 0 Å². The van der Waals surface area contributed by atoms with Gasteiger partial charge in [-0.3, -0.25) is 0 Å². The largest absolute Gasteiger partial charge is 0.347 e. The van der Waals surface area contributed by atoms with Gasteiger partial charge in [0.15, 0.2) is 17.3 Å². The van der Waals surface area contributed by atoms with Gasteiger partial charge < -0.3 is 20.5 Å². The summed E-state index contributed by atoms with van der Waals surface area (Å²) in [6.45, 7) is 3.68. The van der Waals surface area contributed by atoms with Crippen LogP contribution in [0.25, 0.3) is 16.7 Å². The van der Waals surface area contributed by atoms with Crippen molar-refractivity contribution in [2.24, 2.45) is 0 Å². The molecule has 9 nitrogen and oxygen atoms in total. The molecule has 4 heterocycles. The number of hydrogen-bond acceptors (Lipinski definition) is 7. The van der Waals surface area contributed by atoms with E-state index in [1.165, 1.54) is 6.07 Å². The molecule has 31 heavy (non-hydrogen) atoms. The molecule has 2 aliphatic rings. The number of imidazole rings is 1. The van der Waals surface area contributed by atoms with Crippen LogP contribution in [-0.4, -0.2) is 55.7 Å². The van der Waals surface area contributed by atoms with Crippen molar-refractivity contribution in [2.45, 2.75) is 25.3 Å². The van der Waals surface area contributed by atoms with Gasteiger partial charge in [-0.25, -0.2) is 13.8 Å². The molecular weight excluding hydrogens is 404 g/mol. The van der Waals surface area contributed by atoms with E-state index in [0.717, 1.165) is 56.3 Å². The monoisotopic (exact) mass is 425 g/mol. The maximum absolute atomic E-state index is 14.0. The number of halogens is 2. The van der Waals surface area contributed by atoms with Gasteiger partial charge in [-0.15, -0.1) is 0 Å². The smallest absolute Gasteiger partial charge is 0.230 e. The lowest BCUT2D eigenvalue weighted by molar-refractivity contribution is 0.515. The van der Waals surface area contributed by atoms with Crippen LogP contribution in [0.5, 0.6) is 0 Å². The third-order valence-corrected chi connectivity index (χ3v) is 5.81. The number of aromatic amines is 1. The number of piperazine rings is 1. The second-order valence-corrected chi connectivity index (χ2v) is 7.99. The van der Waals surface area contributed by atoms with Crippen LogP contribution >= 0.6 is 0 Å². The predicted molar refractivity (Wildman–Crippen MR) is 111 cm³/mol. The summed E-state index contributed by atoms with van der Waals surface area (Å²) in [6, 6.07) is 2.56. The second-order valence-electron chi connectivity index (χ2n) is 7.99. The molecule has 2 fully saturated rings. The molecule has 3 N–H and O–H groups in total. The van der Waals surface area contributed by atoms with Crippen LogP contribution in [0.2, 0.25) is 0 Å². The molecule has 1 aromatic carbocycles. The molecule has 3 aromatic heterocycles. The Balaban J connectivity index is 1.35. The van der Waals surface area contributed by atoms with Gasteiger partial charge in [-0.2, -0.15) is 19.6 Å². The summed E-state index contributed by atoms with van der Waals surface area (Å²) in [5.41, 5.74) is 2.38. The number of hydrogen-bond donors (Lipinski definition) is 3. The van der Waals surface area contributed by atoms with Crippen molar-refractivity contribution >= 4 is 28.6 Å². The van der Waals surface area contributed by atoms with Gasteiger partial charge in [0.2, 0.25) is 11.9 Å². The Kier molecular flexibility index (Phi) is 4.23. The molecule has 160 valence electrons. The zero-order valence-electron chi connectivity index (χ0n) is 16.7. The molecule has 0 radical (unpaired) electrons. The first-order chi connectivity index (χ1) is 15.2. The first-order valence-electron chi connectivity index (χ1n) is 10.4. The summed E-state index contributed by atoms with van der Waals surface area (Å²) in [5.74, 6) is 0.315. The van der Waals surface area contributed by atoms with Crippen LogP contribution in [-0.2, 0) is 6.54 Å². The maximum Gasteiger partial charge on any atom is 0.230 e. The van der Waals surface area contributed by atoms with E-state index >= 15 is 0 Å². The van der Waals surface area contributed by atoms with E-state index < -0.39 is 11.6 Å². The maximum atomic E-state index is 14.0. The summed E-state index contributed by atoms with van der Waals surface area (Å²) in [7, 11) is 0. The molecule has 1 saturated heterocycles. The van der Waals surface area contributed by atoms with Gasteiger partial charge in [0.25, 0.3) is 0 Å². The molecule has 0 spiro atoms. The van der Waals surface area contributed by atoms with Crippen molar-refractivity contribution in [3.8, 4) is 0 Å². The average molecular weight is 425 g/mol. The first-order valence-corrected chi connectivity index (χ1v) is 10.4. The van der Waals surface area contributed by atoms with Gasteiger partial charge >= 0.3 is 0 Å². The fourth-order valence-corrected chi connectivity index (χ4v) is 4.00. The van der Waals surface area contributed by atoms with Crippen molar-refractivity contribution in [2.75, 3.05) is 36.4 Å². The van der Waals surface area contributed by atoms with Crippen molar-refractivity contribution in [3.05, 3.63) is 41.4 Å². The topological polar surface area (TPSA) is 99.1 Å². The minimum atomic E-state index is -0.952. The highest BCUT2D eigenvalue weighted by atomic mass is 19.2. The zero-order chi connectivity index (χ0) is 20.9. The fourth-order valence-electron chi connectivity index (χ4n) is 4.00. The van der Waals surface area contributed by atoms with Crippen molar-refractivity contribution in [3.63, 3.8) is 0 Å². The third kappa shape index (κ3) is 3.25. The van der Waals surface area contributed by atoms with Gasteiger partial charge in [0, 0.05) is 31.7 Å². The molecule has 0 bridgehead atoms. The Bertz CT molecular complexity index is 1270. The Morgan fingerprint density at radius 3 is 2.74 bits per heavy atom. The molecule has 1 aliphatic heterocycles. The highest BCUT2D eigenvalue weighted by Gasteiger charge is 2.29. The summed E-state index contributed by atoms with van der Waals surface area (Å²) in [5, 5.41) is 11.1. The molecular formula is C20H21F2N9. The molecule has 4 aromatic rings. The normalized spacial score (nSPS) is 17.0. The molecule has 11 heteroatoms. The van der Waals surface area contributed by atoms with E-state index in [1.54, 1.807) is 4.52 Å². The Labute approximate surface area is 175 Å². The van der Waals surface area contributed by atoms with Crippen LogP contribution in [0, 0.1) is 11.6 Å². The van der Waals surface area contributed by atoms with E-state index in [-0.39, 0.29) is 12.1 Å². The number of nitrogens with one attached hydrogen (secondary N) is 3. The van der Waals surface area contributed by atoms with Crippen LogP contribution in [0.4, 0.5) is 20.7 Å². The van der Waals surface area contributed by atoms with Gasteiger partial charge in [0.05, 0.1) is 18.3 Å². The number of rotatable bonds is 5. The zero-order valence-corrected chi connectivity index (χ0v) is 16.7. The summed E-state index contributed by atoms with van der Waals surface area (Å²) >= 11 is 0. The molecule has 0 atom stereocenters. The van der Waals surface area contributed by atoms with E-state index in [9.17, 15) is 8.78 Å². The molecule has 0 unspecified atom stereocenters. The quantitative estimate of drug-likeness (QED) is 0.451. The van der Waals surface area contributed by atoms with Crippen LogP contribution < -0.4 is 15.5 Å². The molecule has 6 rings (SSSR count). The van der Waals surface area contributed by atoms with E-state index in [0.29, 0.717) is 29.2 Å². The van der Waals surface area contributed by atoms with E-state index in [1.807, 2.05) is 6.20 Å². The number of benzene rings is 1. The SMILES string of the molecule is Fc1ccc2[nH]c(CNc3nc(N4CCNCC4)nc4c(C5CC5)cnn34)nc2c1F. The lowest BCUT2D eigenvalue weighted by Gasteiger charge is -2.27. The first kappa shape index (κ1) is 18.4. The minimum Gasteiger partial charge on any atom is -0.347 e. The third-order valence-electron chi connectivity index (χ3n) is 5.81. The fraction of sp³-hybridized carbons (Fsp3) is 0.400. The predicted octanol–water partition coefficient (Wildman–Crippen LogP) is 2.18. The number of fused-ring (bicyclic) bond motifs is 2. The second kappa shape index (κ2) is 7.12. The minimum absolute atomic E-state index is 0.0127. The number of H-pyrrole nitrogens is 1. The van der Waals surface area contributed by atoms with Crippen molar-refractivity contribution < 1.29 is 8.78 Å². The number of nitrogens with zero attached hydrogens (tertiary/aromatic N) is 6. The number of anilines is 2. The highest BCUT2D eigenvalue weighted by Crippen LogP contribution is 2.42. The summed E-state index contributed by atoms with van der Waals surface area (Å²) in [4.78, 5) is 18.9. The van der Waals surface area contributed by atoms with Crippen LogP contribution in [0.3, 0.4) is 0 Å². The number of aromatic nitrogens is 6. The van der Waals surface area contributed by atoms with E-state index in [2.05, 4.69) is 30.6 Å². The Morgan fingerprint density at radius 1 is 1.10 bits per heavy atom. The molecule has 1 saturated carbocycles. The highest BCUT2D eigenvalue weighted by molar-refractivity contribution is 5.75. The standard InChI is InChI=1S/C20H21F2N9/c21-13-3-4-14-17(16(13)22)27-15(26-14)10-24-19-29-20(30-7-5-23-6-8-30)28-18-12(11-1-2-11)9-25-31(18)19/h3-4,9,11,23H,1-2,5-8,10H2,(H,26,27)(H,24,28,29). The van der Waals surface area contributed by atoms with Crippen LogP contribution in [0.15, 0.2) is 18.3 Å². The Morgan fingerprint density at radius 2 is 1.94 bits per heavy atom. The summed E-state index contributed by atoms with van der Waals surface area (Å²) < 4.78 is 29.2. The van der Waals surface area contributed by atoms with Gasteiger partial charge in [-0.05, 0) is 30.9 Å². The molecule has 0 amide bonds.